The van der Waals surface area contributed by atoms with E-state index in [0.717, 1.165) is 28.4 Å². The summed E-state index contributed by atoms with van der Waals surface area (Å²) in [5.41, 5.74) is -4.42. The topological polar surface area (TPSA) is 146 Å². The molecule has 154 valence electrons. The van der Waals surface area contributed by atoms with Gasteiger partial charge in [-0.05, 0) is 0 Å². The lowest BCUT2D eigenvalue weighted by atomic mass is 9.58. The fourth-order valence-electron chi connectivity index (χ4n) is 4.54. The quantitative estimate of drug-likeness (QED) is 0.509. The molecule has 10 nitrogen and oxygen atoms in total. The first-order valence-electron chi connectivity index (χ1n) is 8.20. The molecule has 0 spiro atoms. The van der Waals surface area contributed by atoms with Crippen molar-refractivity contribution < 1.29 is 48.3 Å². The molecule has 2 aliphatic carbocycles. The Balaban J connectivity index is 2.98. The zero-order chi connectivity index (χ0) is 21.6. The van der Waals surface area contributed by atoms with E-state index in [-0.39, 0.29) is 0 Å². The molecular formula is C18H22O10. The van der Waals surface area contributed by atoms with Crippen LogP contribution in [0.15, 0.2) is 22.7 Å². The van der Waals surface area contributed by atoms with Crippen LogP contribution < -0.4 is 0 Å². The van der Waals surface area contributed by atoms with Crippen LogP contribution >= 0.6 is 0 Å². The van der Waals surface area contributed by atoms with Gasteiger partial charge in [-0.3, -0.25) is 9.59 Å². The Morgan fingerprint density at radius 1 is 0.679 bits per heavy atom. The summed E-state index contributed by atoms with van der Waals surface area (Å²) in [7, 11) is 4.21. The molecule has 0 aromatic rings. The van der Waals surface area contributed by atoms with E-state index < -0.39 is 69.2 Å². The lowest BCUT2D eigenvalue weighted by Crippen LogP contribution is -2.48. The standard InChI is InChI=1S/C18H22O10/c1-17-7(13(21)25-3)11(19)9(15(23)27-5)18(17,2)10(16(24)28-6)12(20)8(17)14(22)26-4/h7,10,19-20H,1-6H3/t7-,10-,17-,18+/m1/s1. The number of hydrogen-bond donors (Lipinski definition) is 2. The van der Waals surface area contributed by atoms with Crippen molar-refractivity contribution >= 4 is 23.9 Å². The smallest absolute Gasteiger partial charge is 0.337 e. The third-order valence-electron chi connectivity index (χ3n) is 5.98. The van der Waals surface area contributed by atoms with Crippen LogP contribution in [0.2, 0.25) is 0 Å². The number of rotatable bonds is 4. The van der Waals surface area contributed by atoms with E-state index in [1.807, 2.05) is 0 Å². The zero-order valence-electron chi connectivity index (χ0n) is 16.3. The third kappa shape index (κ3) is 2.26. The van der Waals surface area contributed by atoms with Gasteiger partial charge in [-0.2, -0.15) is 0 Å². The molecule has 2 N–H and O–H groups in total. The molecule has 10 heteroatoms. The molecule has 0 fully saturated rings. The molecule has 0 radical (unpaired) electrons. The second kappa shape index (κ2) is 6.84. The van der Waals surface area contributed by atoms with Crippen LogP contribution in [-0.2, 0) is 38.1 Å². The van der Waals surface area contributed by atoms with Gasteiger partial charge >= 0.3 is 23.9 Å². The van der Waals surface area contributed by atoms with Gasteiger partial charge in [0.15, 0.2) is 0 Å². The first-order chi connectivity index (χ1) is 13.0. The van der Waals surface area contributed by atoms with Crippen LogP contribution in [0.4, 0.5) is 0 Å². The minimum atomic E-state index is -1.77. The minimum Gasteiger partial charge on any atom is -0.511 e. The Labute approximate surface area is 160 Å². The van der Waals surface area contributed by atoms with Gasteiger partial charge in [0.1, 0.15) is 23.4 Å². The molecule has 2 aliphatic rings. The molecular weight excluding hydrogens is 376 g/mol. The monoisotopic (exact) mass is 398 g/mol. The largest absolute Gasteiger partial charge is 0.511 e. The Hall–Kier alpha value is -3.04. The van der Waals surface area contributed by atoms with E-state index in [2.05, 4.69) is 0 Å². The van der Waals surface area contributed by atoms with Crippen LogP contribution in [-0.4, -0.2) is 62.5 Å². The van der Waals surface area contributed by atoms with Crippen LogP contribution in [0.3, 0.4) is 0 Å². The zero-order valence-corrected chi connectivity index (χ0v) is 16.3. The van der Waals surface area contributed by atoms with Crippen molar-refractivity contribution in [1.29, 1.82) is 0 Å². The van der Waals surface area contributed by atoms with E-state index in [1.165, 1.54) is 13.8 Å². The summed E-state index contributed by atoms with van der Waals surface area (Å²) in [6, 6.07) is 0. The average Bonchev–Trinajstić information content (AvgIpc) is 2.94. The summed E-state index contributed by atoms with van der Waals surface area (Å²) in [6.45, 7) is 2.71. The fourth-order valence-corrected chi connectivity index (χ4v) is 4.54. The highest BCUT2D eigenvalue weighted by atomic mass is 16.5. The van der Waals surface area contributed by atoms with Gasteiger partial charge < -0.3 is 29.2 Å². The predicted octanol–water partition coefficient (Wildman–Crippen LogP) is 0.575. The molecule has 28 heavy (non-hydrogen) atoms. The maximum Gasteiger partial charge on any atom is 0.337 e. The summed E-state index contributed by atoms with van der Waals surface area (Å²) in [6.07, 6.45) is 0. The fraction of sp³-hybridized carbons (Fsp3) is 0.556. The SMILES string of the molecule is COC(=O)C1=C(O)[C@H](C(=O)OC)[C@]2(C)C(C(=O)OC)=C(O)[C@H](C(=O)OC)[C@]12C. The van der Waals surface area contributed by atoms with Gasteiger partial charge in [-0.1, -0.05) is 13.8 Å². The first-order valence-corrected chi connectivity index (χ1v) is 8.20. The highest BCUT2D eigenvalue weighted by Crippen LogP contribution is 2.71. The summed E-state index contributed by atoms with van der Waals surface area (Å²) in [5, 5.41) is 21.6. The van der Waals surface area contributed by atoms with Crippen molar-refractivity contribution in [3.05, 3.63) is 22.7 Å². The number of esters is 4. The van der Waals surface area contributed by atoms with Crippen molar-refractivity contribution in [3.8, 4) is 0 Å². The molecule has 0 aromatic heterocycles. The first kappa shape index (κ1) is 21.3. The van der Waals surface area contributed by atoms with Crippen molar-refractivity contribution in [2.75, 3.05) is 28.4 Å². The molecule has 0 saturated carbocycles. The Morgan fingerprint density at radius 2 is 0.964 bits per heavy atom. The maximum atomic E-state index is 12.5. The van der Waals surface area contributed by atoms with Crippen molar-refractivity contribution in [2.24, 2.45) is 22.7 Å². The van der Waals surface area contributed by atoms with Gasteiger partial charge in [0, 0.05) is 10.8 Å². The molecule has 0 amide bonds. The lowest BCUT2D eigenvalue weighted by Gasteiger charge is -2.41. The summed E-state index contributed by atoms with van der Waals surface area (Å²) in [4.78, 5) is 50.1. The summed E-state index contributed by atoms with van der Waals surface area (Å²) < 4.78 is 18.9. The Morgan fingerprint density at radius 3 is 1.18 bits per heavy atom. The van der Waals surface area contributed by atoms with Gasteiger partial charge in [0.2, 0.25) is 0 Å². The molecule has 0 bridgehead atoms. The predicted molar refractivity (Wildman–Crippen MR) is 90.6 cm³/mol. The Kier molecular flexibility index (Phi) is 5.20. The highest BCUT2D eigenvalue weighted by molar-refractivity contribution is 6.02. The molecule has 4 atom stereocenters. The van der Waals surface area contributed by atoms with Crippen molar-refractivity contribution in [1.82, 2.24) is 0 Å². The molecule has 0 unspecified atom stereocenters. The van der Waals surface area contributed by atoms with Gasteiger partial charge in [0.05, 0.1) is 39.6 Å². The highest BCUT2D eigenvalue weighted by Gasteiger charge is 2.76. The van der Waals surface area contributed by atoms with Gasteiger partial charge in [-0.15, -0.1) is 0 Å². The number of fused-ring (bicyclic) bond motifs is 1. The van der Waals surface area contributed by atoms with Crippen molar-refractivity contribution in [2.45, 2.75) is 13.8 Å². The van der Waals surface area contributed by atoms with Crippen LogP contribution in [0.1, 0.15) is 13.8 Å². The average molecular weight is 398 g/mol. The minimum absolute atomic E-state index is 0.436. The van der Waals surface area contributed by atoms with E-state index >= 15 is 0 Å². The second-order valence-corrected chi connectivity index (χ2v) is 6.82. The number of ether oxygens (including phenoxy) is 4. The number of methoxy groups -OCH3 is 4. The summed E-state index contributed by atoms with van der Waals surface area (Å²) in [5.74, 6) is -8.63. The normalized spacial score (nSPS) is 31.4. The molecule has 0 heterocycles. The number of carbonyl (C=O) groups excluding carboxylic acids is 4. The molecule has 0 aromatic carbocycles. The molecule has 0 aliphatic heterocycles. The van der Waals surface area contributed by atoms with Gasteiger partial charge in [-0.25, -0.2) is 9.59 Å². The van der Waals surface area contributed by atoms with Crippen LogP contribution in [0.5, 0.6) is 0 Å². The van der Waals surface area contributed by atoms with E-state index in [0.29, 0.717) is 0 Å². The van der Waals surface area contributed by atoms with E-state index in [1.54, 1.807) is 0 Å². The number of aliphatic hydroxyl groups excluding tert-OH is 2. The maximum absolute atomic E-state index is 12.5. The van der Waals surface area contributed by atoms with Crippen molar-refractivity contribution in [3.63, 3.8) is 0 Å². The number of carbonyl (C=O) groups is 4. The number of hydrogen-bond acceptors (Lipinski definition) is 10. The molecule has 0 saturated heterocycles. The van der Waals surface area contributed by atoms with Gasteiger partial charge in [0.25, 0.3) is 0 Å². The van der Waals surface area contributed by atoms with Crippen LogP contribution in [0.25, 0.3) is 0 Å². The Bertz CT molecular complexity index is 754. The summed E-state index contributed by atoms with van der Waals surface area (Å²) >= 11 is 0. The van der Waals surface area contributed by atoms with Crippen LogP contribution in [0, 0.1) is 22.7 Å². The molecule has 2 rings (SSSR count). The number of aliphatic hydroxyl groups is 2. The second-order valence-electron chi connectivity index (χ2n) is 6.82. The lowest BCUT2D eigenvalue weighted by molar-refractivity contribution is -0.157. The third-order valence-corrected chi connectivity index (χ3v) is 5.98. The van der Waals surface area contributed by atoms with E-state index in [4.69, 9.17) is 18.9 Å². The van der Waals surface area contributed by atoms with E-state index in [9.17, 15) is 29.4 Å².